The van der Waals surface area contributed by atoms with Crippen LogP contribution in [0.3, 0.4) is 0 Å². The second-order valence-electron chi connectivity index (χ2n) is 4.70. The van der Waals surface area contributed by atoms with Crippen molar-refractivity contribution in [2.45, 2.75) is 30.5 Å². The minimum atomic E-state index is 0.544. The molecule has 0 aliphatic carbocycles. The van der Waals surface area contributed by atoms with Crippen molar-refractivity contribution in [1.29, 1.82) is 0 Å². The van der Waals surface area contributed by atoms with Crippen molar-refractivity contribution < 1.29 is 4.42 Å². The Labute approximate surface area is 122 Å². The van der Waals surface area contributed by atoms with Crippen LogP contribution in [0.4, 0.5) is 0 Å². The molecule has 3 aromatic rings. The van der Waals surface area contributed by atoms with E-state index >= 15 is 0 Å². The molecule has 2 aromatic carbocycles. The first-order chi connectivity index (χ1) is 9.69. The van der Waals surface area contributed by atoms with E-state index in [4.69, 9.17) is 10.2 Å². The van der Waals surface area contributed by atoms with E-state index in [1.165, 1.54) is 10.8 Å². The molecule has 0 saturated carbocycles. The molecule has 2 N–H and O–H groups in total. The van der Waals surface area contributed by atoms with E-state index in [0.29, 0.717) is 11.8 Å². The number of oxazole rings is 1. The zero-order chi connectivity index (χ0) is 14.1. The third-order valence-electron chi connectivity index (χ3n) is 3.40. The van der Waals surface area contributed by atoms with Gasteiger partial charge in [0.15, 0.2) is 0 Å². The van der Waals surface area contributed by atoms with Crippen LogP contribution in [0.2, 0.25) is 0 Å². The zero-order valence-corrected chi connectivity index (χ0v) is 12.3. The lowest BCUT2D eigenvalue weighted by molar-refractivity contribution is 0.431. The third kappa shape index (κ3) is 2.32. The molecular weight excluding hydrogens is 268 g/mol. The molecule has 0 fully saturated rings. The van der Waals surface area contributed by atoms with Gasteiger partial charge in [-0.2, -0.15) is 0 Å². The van der Waals surface area contributed by atoms with Gasteiger partial charge in [-0.15, -0.1) is 0 Å². The first-order valence-corrected chi connectivity index (χ1v) is 7.33. The summed E-state index contributed by atoms with van der Waals surface area (Å²) in [6.45, 7) is 4.43. The Morgan fingerprint density at radius 1 is 1.10 bits per heavy atom. The summed E-state index contributed by atoms with van der Waals surface area (Å²) in [5.41, 5.74) is 7.90. The maximum atomic E-state index is 5.80. The van der Waals surface area contributed by atoms with Crippen LogP contribution < -0.4 is 5.73 Å². The highest BCUT2D eigenvalue weighted by Gasteiger charge is 2.11. The summed E-state index contributed by atoms with van der Waals surface area (Å²) in [5, 5.41) is 3.07. The van der Waals surface area contributed by atoms with Crippen molar-refractivity contribution in [2.75, 3.05) is 0 Å². The summed E-state index contributed by atoms with van der Waals surface area (Å²) in [7, 11) is 0. The molecule has 0 radical (unpaired) electrons. The molecule has 0 amide bonds. The molecule has 3 nitrogen and oxygen atoms in total. The van der Waals surface area contributed by atoms with Gasteiger partial charge in [-0.3, -0.25) is 0 Å². The van der Waals surface area contributed by atoms with Gasteiger partial charge in [0.25, 0.3) is 5.22 Å². The van der Waals surface area contributed by atoms with E-state index in [0.717, 1.165) is 21.9 Å². The molecule has 0 saturated heterocycles. The van der Waals surface area contributed by atoms with Crippen molar-refractivity contribution >= 4 is 22.5 Å². The second kappa shape index (κ2) is 5.31. The van der Waals surface area contributed by atoms with Gasteiger partial charge in [0, 0.05) is 11.4 Å². The van der Waals surface area contributed by atoms with Gasteiger partial charge in [-0.05, 0) is 48.0 Å². The second-order valence-corrected chi connectivity index (χ2v) is 5.69. The summed E-state index contributed by atoms with van der Waals surface area (Å²) in [4.78, 5) is 5.56. The number of nitrogens with zero attached hydrogens (tertiary/aromatic N) is 1. The fourth-order valence-corrected chi connectivity index (χ4v) is 3.14. The Bertz CT molecular complexity index is 745. The zero-order valence-electron chi connectivity index (χ0n) is 11.5. The van der Waals surface area contributed by atoms with Gasteiger partial charge in [0.2, 0.25) is 0 Å². The Morgan fingerprint density at radius 3 is 2.50 bits per heavy atom. The molecule has 0 aliphatic rings. The van der Waals surface area contributed by atoms with Crippen molar-refractivity contribution in [3.63, 3.8) is 0 Å². The SMILES string of the molecule is Cc1nc(Sc2ccc(CN)c3ccccc23)oc1C. The van der Waals surface area contributed by atoms with Crippen LogP contribution in [0, 0.1) is 13.8 Å². The van der Waals surface area contributed by atoms with Gasteiger partial charge in [0.1, 0.15) is 5.76 Å². The molecule has 1 aromatic heterocycles. The average molecular weight is 284 g/mol. The van der Waals surface area contributed by atoms with Crippen molar-refractivity contribution in [3.8, 4) is 0 Å². The van der Waals surface area contributed by atoms with E-state index in [-0.39, 0.29) is 0 Å². The van der Waals surface area contributed by atoms with Crippen LogP contribution in [0.15, 0.2) is 50.9 Å². The molecule has 0 unspecified atom stereocenters. The third-order valence-corrected chi connectivity index (χ3v) is 4.33. The topological polar surface area (TPSA) is 52.0 Å². The smallest absolute Gasteiger partial charge is 0.261 e. The van der Waals surface area contributed by atoms with Crippen molar-refractivity contribution in [3.05, 3.63) is 53.4 Å². The number of rotatable bonds is 3. The van der Waals surface area contributed by atoms with Crippen LogP contribution in [0.5, 0.6) is 0 Å². The first-order valence-electron chi connectivity index (χ1n) is 6.51. The normalized spacial score (nSPS) is 11.2. The minimum Gasteiger partial charge on any atom is -0.436 e. The predicted molar refractivity (Wildman–Crippen MR) is 81.9 cm³/mol. The van der Waals surface area contributed by atoms with Crippen LogP contribution >= 0.6 is 11.8 Å². The minimum absolute atomic E-state index is 0.544. The number of benzene rings is 2. The lowest BCUT2D eigenvalue weighted by Crippen LogP contribution is -1.97. The van der Waals surface area contributed by atoms with Gasteiger partial charge in [0.05, 0.1) is 5.69 Å². The number of aryl methyl sites for hydroxylation is 2. The fraction of sp³-hybridized carbons (Fsp3) is 0.188. The Morgan fingerprint density at radius 2 is 1.85 bits per heavy atom. The highest BCUT2D eigenvalue weighted by Crippen LogP contribution is 2.35. The molecule has 0 spiro atoms. The van der Waals surface area contributed by atoms with Crippen LogP contribution in [0.1, 0.15) is 17.0 Å². The summed E-state index contributed by atoms with van der Waals surface area (Å²) < 4.78 is 5.65. The maximum Gasteiger partial charge on any atom is 0.261 e. The van der Waals surface area contributed by atoms with E-state index in [9.17, 15) is 0 Å². The van der Waals surface area contributed by atoms with Crippen LogP contribution in [-0.4, -0.2) is 4.98 Å². The highest BCUT2D eigenvalue weighted by atomic mass is 32.2. The van der Waals surface area contributed by atoms with Gasteiger partial charge in [-0.1, -0.05) is 30.3 Å². The molecular formula is C16H16N2OS. The van der Waals surface area contributed by atoms with E-state index in [1.54, 1.807) is 11.8 Å². The summed E-state index contributed by atoms with van der Waals surface area (Å²) in [6.07, 6.45) is 0. The van der Waals surface area contributed by atoms with Gasteiger partial charge in [-0.25, -0.2) is 4.98 Å². The first kappa shape index (κ1) is 13.2. The van der Waals surface area contributed by atoms with E-state index in [2.05, 4.69) is 29.2 Å². The lowest BCUT2D eigenvalue weighted by Gasteiger charge is -2.08. The lowest BCUT2D eigenvalue weighted by atomic mass is 10.0. The molecule has 20 heavy (non-hydrogen) atoms. The monoisotopic (exact) mass is 284 g/mol. The average Bonchev–Trinajstić information content (AvgIpc) is 2.78. The van der Waals surface area contributed by atoms with Crippen LogP contribution in [0.25, 0.3) is 10.8 Å². The number of hydrogen-bond donors (Lipinski definition) is 1. The fourth-order valence-electron chi connectivity index (χ4n) is 2.18. The molecule has 4 heteroatoms. The highest BCUT2D eigenvalue weighted by molar-refractivity contribution is 7.99. The molecule has 1 heterocycles. The van der Waals surface area contributed by atoms with Crippen molar-refractivity contribution in [1.82, 2.24) is 4.98 Å². The summed E-state index contributed by atoms with van der Waals surface area (Å²) in [6, 6.07) is 12.5. The molecule has 0 aliphatic heterocycles. The molecule has 102 valence electrons. The van der Waals surface area contributed by atoms with E-state index < -0.39 is 0 Å². The Hall–Kier alpha value is -1.78. The number of fused-ring (bicyclic) bond motifs is 1. The number of nitrogens with two attached hydrogens (primary N) is 1. The van der Waals surface area contributed by atoms with Gasteiger partial charge < -0.3 is 10.2 Å². The molecule has 0 bridgehead atoms. The summed E-state index contributed by atoms with van der Waals surface area (Å²) in [5.74, 6) is 0.871. The van der Waals surface area contributed by atoms with Crippen molar-refractivity contribution in [2.24, 2.45) is 5.73 Å². The largest absolute Gasteiger partial charge is 0.436 e. The number of hydrogen-bond acceptors (Lipinski definition) is 4. The van der Waals surface area contributed by atoms with Gasteiger partial charge >= 0.3 is 0 Å². The number of aromatic nitrogens is 1. The van der Waals surface area contributed by atoms with Crippen LogP contribution in [-0.2, 0) is 6.54 Å². The predicted octanol–water partition coefficient (Wildman–Crippen LogP) is 4.05. The Balaban J connectivity index is 2.08. The quantitative estimate of drug-likeness (QED) is 0.788. The van der Waals surface area contributed by atoms with E-state index in [1.807, 2.05) is 26.0 Å². The maximum absolute atomic E-state index is 5.80. The summed E-state index contributed by atoms with van der Waals surface area (Å²) >= 11 is 1.55. The molecule has 3 rings (SSSR count). The standard InChI is InChI=1S/C16H16N2OS/c1-10-11(2)19-16(18-10)20-15-8-7-12(9-17)13-5-3-4-6-14(13)15/h3-8H,9,17H2,1-2H3. The molecule has 0 atom stereocenters. The Kier molecular flexibility index (Phi) is 3.51.